The molecule has 23 heavy (non-hydrogen) atoms. The van der Waals surface area contributed by atoms with Crippen LogP contribution >= 0.6 is 0 Å². The van der Waals surface area contributed by atoms with Gasteiger partial charge < -0.3 is 4.74 Å². The first-order chi connectivity index (χ1) is 11.0. The van der Waals surface area contributed by atoms with E-state index in [2.05, 4.69) is 29.6 Å². The van der Waals surface area contributed by atoms with Gasteiger partial charge in [0.2, 0.25) is 0 Å². The standard InChI is InChI=1S/C20H21NO2/c1-13-8-11-19(14(2)12-13)21-20(22)23-15(3)17-10-9-16-6-4-5-7-18(16)17/h4-12,15,17H,1-3H3,(H,21,22). The van der Waals surface area contributed by atoms with Crippen molar-refractivity contribution in [3.05, 3.63) is 70.8 Å². The molecule has 1 aliphatic carbocycles. The van der Waals surface area contributed by atoms with Gasteiger partial charge in [0.1, 0.15) is 6.10 Å². The van der Waals surface area contributed by atoms with E-state index in [0.29, 0.717) is 0 Å². The van der Waals surface area contributed by atoms with E-state index < -0.39 is 6.09 Å². The molecule has 0 bridgehead atoms. The molecule has 1 aliphatic rings. The number of hydrogen-bond acceptors (Lipinski definition) is 2. The van der Waals surface area contributed by atoms with Crippen molar-refractivity contribution in [1.82, 2.24) is 0 Å². The van der Waals surface area contributed by atoms with Crippen molar-refractivity contribution in [3.63, 3.8) is 0 Å². The topological polar surface area (TPSA) is 38.3 Å². The first-order valence-electron chi connectivity index (χ1n) is 7.86. The van der Waals surface area contributed by atoms with Gasteiger partial charge in [-0.25, -0.2) is 4.79 Å². The predicted octanol–water partition coefficient (Wildman–Crippen LogP) is 5.05. The van der Waals surface area contributed by atoms with Crippen LogP contribution in [0.2, 0.25) is 0 Å². The molecule has 3 heteroatoms. The third-order valence-electron chi connectivity index (χ3n) is 4.26. The maximum absolute atomic E-state index is 12.2. The molecule has 3 nitrogen and oxygen atoms in total. The summed E-state index contributed by atoms with van der Waals surface area (Å²) in [7, 11) is 0. The van der Waals surface area contributed by atoms with E-state index in [0.717, 1.165) is 11.3 Å². The Kier molecular flexibility index (Phi) is 4.20. The van der Waals surface area contributed by atoms with E-state index in [1.165, 1.54) is 16.7 Å². The zero-order valence-electron chi connectivity index (χ0n) is 13.7. The molecule has 2 atom stereocenters. The lowest BCUT2D eigenvalue weighted by Crippen LogP contribution is -2.24. The van der Waals surface area contributed by atoms with Crippen molar-refractivity contribution in [2.75, 3.05) is 5.32 Å². The molecule has 0 fully saturated rings. The summed E-state index contributed by atoms with van der Waals surface area (Å²) in [6, 6.07) is 14.1. The lowest BCUT2D eigenvalue weighted by atomic mass is 9.96. The summed E-state index contributed by atoms with van der Waals surface area (Å²) < 4.78 is 5.58. The van der Waals surface area contributed by atoms with Crippen molar-refractivity contribution in [1.29, 1.82) is 0 Å². The highest BCUT2D eigenvalue weighted by molar-refractivity contribution is 5.85. The Hall–Kier alpha value is -2.55. The highest BCUT2D eigenvalue weighted by atomic mass is 16.6. The number of hydrogen-bond donors (Lipinski definition) is 1. The number of nitrogens with one attached hydrogen (secondary N) is 1. The van der Waals surface area contributed by atoms with E-state index in [-0.39, 0.29) is 12.0 Å². The van der Waals surface area contributed by atoms with Gasteiger partial charge in [0.05, 0.1) is 0 Å². The molecule has 118 valence electrons. The van der Waals surface area contributed by atoms with Crippen LogP contribution in [0.1, 0.15) is 35.1 Å². The van der Waals surface area contributed by atoms with Crippen molar-refractivity contribution in [2.24, 2.45) is 0 Å². The van der Waals surface area contributed by atoms with E-state index >= 15 is 0 Å². The van der Waals surface area contributed by atoms with Crippen molar-refractivity contribution in [2.45, 2.75) is 32.8 Å². The lowest BCUT2D eigenvalue weighted by Gasteiger charge is -2.20. The highest BCUT2D eigenvalue weighted by Crippen LogP contribution is 2.33. The van der Waals surface area contributed by atoms with E-state index in [1.807, 2.05) is 51.1 Å². The molecule has 0 saturated heterocycles. The van der Waals surface area contributed by atoms with Crippen LogP contribution in [0.3, 0.4) is 0 Å². The Morgan fingerprint density at radius 2 is 1.96 bits per heavy atom. The maximum Gasteiger partial charge on any atom is 0.411 e. The molecule has 2 aromatic carbocycles. The largest absolute Gasteiger partial charge is 0.445 e. The fraction of sp³-hybridized carbons (Fsp3) is 0.250. The molecule has 1 N–H and O–H groups in total. The van der Waals surface area contributed by atoms with Crippen LogP contribution in [0.25, 0.3) is 6.08 Å². The Bertz CT molecular complexity index is 764. The number of amides is 1. The second-order valence-corrected chi connectivity index (χ2v) is 6.07. The number of ether oxygens (including phenoxy) is 1. The number of fused-ring (bicyclic) bond motifs is 1. The quantitative estimate of drug-likeness (QED) is 0.861. The third-order valence-corrected chi connectivity index (χ3v) is 4.26. The average molecular weight is 307 g/mol. The number of carbonyl (C=O) groups excluding carboxylic acids is 1. The second kappa shape index (κ2) is 6.29. The SMILES string of the molecule is Cc1ccc(NC(=O)OC(C)C2C=Cc3ccccc32)c(C)c1. The molecule has 0 aliphatic heterocycles. The van der Waals surface area contributed by atoms with Crippen molar-refractivity contribution < 1.29 is 9.53 Å². The Morgan fingerprint density at radius 1 is 1.17 bits per heavy atom. The summed E-state index contributed by atoms with van der Waals surface area (Å²) in [5, 5.41) is 2.83. The molecule has 0 aromatic heterocycles. The molecule has 0 radical (unpaired) electrons. The molecule has 0 heterocycles. The summed E-state index contributed by atoms with van der Waals surface area (Å²) >= 11 is 0. The second-order valence-electron chi connectivity index (χ2n) is 6.07. The van der Waals surface area contributed by atoms with Gasteiger partial charge in [-0.15, -0.1) is 0 Å². The summed E-state index contributed by atoms with van der Waals surface area (Å²) in [5.41, 5.74) is 5.39. The fourth-order valence-electron chi connectivity index (χ4n) is 3.02. The zero-order chi connectivity index (χ0) is 16.4. The molecule has 0 spiro atoms. The van der Waals surface area contributed by atoms with Gasteiger partial charge in [-0.1, -0.05) is 54.1 Å². The monoisotopic (exact) mass is 307 g/mol. The van der Waals surface area contributed by atoms with Crippen LogP contribution in [-0.4, -0.2) is 12.2 Å². The van der Waals surface area contributed by atoms with Crippen LogP contribution in [0.4, 0.5) is 10.5 Å². The fourth-order valence-corrected chi connectivity index (χ4v) is 3.02. The van der Waals surface area contributed by atoms with Crippen molar-refractivity contribution >= 4 is 17.9 Å². The lowest BCUT2D eigenvalue weighted by molar-refractivity contribution is 0.113. The highest BCUT2D eigenvalue weighted by Gasteiger charge is 2.25. The van der Waals surface area contributed by atoms with Crippen LogP contribution in [-0.2, 0) is 4.74 Å². The van der Waals surface area contributed by atoms with Gasteiger partial charge in [0, 0.05) is 11.6 Å². The number of benzene rings is 2. The summed E-state index contributed by atoms with van der Waals surface area (Å²) in [6.45, 7) is 5.93. The zero-order valence-corrected chi connectivity index (χ0v) is 13.7. The molecule has 1 amide bonds. The van der Waals surface area contributed by atoms with Gasteiger partial charge >= 0.3 is 6.09 Å². The maximum atomic E-state index is 12.2. The molecule has 2 aromatic rings. The molecular weight excluding hydrogens is 286 g/mol. The first kappa shape index (κ1) is 15.3. The van der Waals surface area contributed by atoms with Gasteiger partial charge in [0.25, 0.3) is 0 Å². The number of rotatable bonds is 3. The Balaban J connectivity index is 1.65. The van der Waals surface area contributed by atoms with Crippen molar-refractivity contribution in [3.8, 4) is 0 Å². The Morgan fingerprint density at radius 3 is 2.74 bits per heavy atom. The van der Waals surface area contributed by atoms with Crippen LogP contribution in [0.5, 0.6) is 0 Å². The van der Waals surface area contributed by atoms with Crippen LogP contribution < -0.4 is 5.32 Å². The molecular formula is C20H21NO2. The third kappa shape index (κ3) is 3.29. The Labute approximate surface area is 137 Å². The molecule has 0 saturated carbocycles. The number of aryl methyl sites for hydroxylation is 2. The summed E-state index contributed by atoms with van der Waals surface area (Å²) in [5.74, 6) is 0.107. The number of anilines is 1. The van der Waals surface area contributed by atoms with Gasteiger partial charge in [-0.05, 0) is 43.5 Å². The van der Waals surface area contributed by atoms with Gasteiger partial charge in [-0.2, -0.15) is 0 Å². The minimum Gasteiger partial charge on any atom is -0.445 e. The summed E-state index contributed by atoms with van der Waals surface area (Å²) in [4.78, 5) is 12.2. The van der Waals surface area contributed by atoms with E-state index in [4.69, 9.17) is 4.74 Å². The first-order valence-corrected chi connectivity index (χ1v) is 7.86. The minimum absolute atomic E-state index is 0.107. The van der Waals surface area contributed by atoms with Crippen LogP contribution in [0, 0.1) is 13.8 Å². The van der Waals surface area contributed by atoms with E-state index in [9.17, 15) is 4.79 Å². The minimum atomic E-state index is -0.415. The van der Waals surface area contributed by atoms with Gasteiger partial charge in [-0.3, -0.25) is 5.32 Å². The predicted molar refractivity (Wildman–Crippen MR) is 93.7 cm³/mol. The van der Waals surface area contributed by atoms with Crippen LogP contribution in [0.15, 0.2) is 48.5 Å². The molecule has 2 unspecified atom stereocenters. The average Bonchev–Trinajstić information content (AvgIpc) is 2.94. The van der Waals surface area contributed by atoms with Gasteiger partial charge in [0.15, 0.2) is 0 Å². The van der Waals surface area contributed by atoms with E-state index in [1.54, 1.807) is 0 Å². The molecule has 3 rings (SSSR count). The smallest absolute Gasteiger partial charge is 0.411 e. The number of carbonyl (C=O) groups is 1. The summed E-state index contributed by atoms with van der Waals surface area (Å²) in [6.07, 6.45) is 3.55. The normalized spacial score (nSPS) is 16.7.